The summed E-state index contributed by atoms with van der Waals surface area (Å²) >= 11 is 0. The predicted molar refractivity (Wildman–Crippen MR) is 95.3 cm³/mol. The van der Waals surface area contributed by atoms with Crippen LogP contribution >= 0.6 is 0 Å². The Kier molecular flexibility index (Phi) is 8.01. The molecule has 0 aromatic heterocycles. The average Bonchev–Trinajstić information content (AvgIpc) is 2.50. The van der Waals surface area contributed by atoms with Crippen molar-refractivity contribution in [2.75, 3.05) is 40.3 Å². The maximum absolute atomic E-state index is 12.0. The van der Waals surface area contributed by atoms with Crippen molar-refractivity contribution in [2.24, 2.45) is 5.14 Å². The second kappa shape index (κ2) is 9.50. The Morgan fingerprint density at radius 3 is 2.20 bits per heavy atom. The second-order valence-electron chi connectivity index (χ2n) is 6.03. The first-order valence-electron chi connectivity index (χ1n) is 7.88. The van der Waals surface area contributed by atoms with Crippen LogP contribution in [0.2, 0.25) is 0 Å². The van der Waals surface area contributed by atoms with Crippen molar-refractivity contribution in [3.8, 4) is 0 Å². The minimum Gasteiger partial charge on any atom is -0.354 e. The van der Waals surface area contributed by atoms with Gasteiger partial charge in [-0.25, -0.2) is 13.6 Å². The maximum atomic E-state index is 12.0. The molecule has 0 unspecified atom stereocenters. The van der Waals surface area contributed by atoms with Gasteiger partial charge < -0.3 is 15.1 Å². The van der Waals surface area contributed by atoms with Gasteiger partial charge in [-0.1, -0.05) is 12.1 Å². The molecule has 0 radical (unpaired) electrons. The zero-order valence-electron chi connectivity index (χ0n) is 14.9. The number of nitrogens with two attached hydrogens (primary N) is 1. The molecule has 25 heavy (non-hydrogen) atoms. The van der Waals surface area contributed by atoms with Crippen LogP contribution in [0.4, 0.5) is 0 Å². The molecule has 0 aliphatic rings. The first-order chi connectivity index (χ1) is 11.6. The monoisotopic (exact) mass is 370 g/mol. The van der Waals surface area contributed by atoms with Crippen LogP contribution in [0.1, 0.15) is 12.5 Å². The van der Waals surface area contributed by atoms with Gasteiger partial charge in [-0.2, -0.15) is 0 Å². The lowest BCUT2D eigenvalue weighted by atomic mass is 10.1. The molecule has 1 aromatic carbocycles. The molecular weight excluding hydrogens is 344 g/mol. The van der Waals surface area contributed by atoms with Crippen molar-refractivity contribution in [1.82, 2.24) is 15.1 Å². The van der Waals surface area contributed by atoms with Gasteiger partial charge >= 0.3 is 0 Å². The van der Waals surface area contributed by atoms with Crippen molar-refractivity contribution in [2.45, 2.75) is 18.2 Å². The molecule has 0 aliphatic carbocycles. The van der Waals surface area contributed by atoms with Crippen LogP contribution in [0, 0.1) is 0 Å². The van der Waals surface area contributed by atoms with Gasteiger partial charge in [0, 0.05) is 26.6 Å². The van der Waals surface area contributed by atoms with Gasteiger partial charge in [0.05, 0.1) is 11.4 Å². The number of carbonyl (C=O) groups excluding carboxylic acids is 2. The van der Waals surface area contributed by atoms with Gasteiger partial charge in [-0.3, -0.25) is 9.59 Å². The molecule has 0 bridgehead atoms. The Morgan fingerprint density at radius 2 is 1.72 bits per heavy atom. The number of primary sulfonamides is 1. The first-order valence-corrected chi connectivity index (χ1v) is 9.43. The number of hydrogen-bond donors (Lipinski definition) is 2. The summed E-state index contributed by atoms with van der Waals surface area (Å²) in [6, 6.07) is 6.19. The lowest BCUT2D eigenvalue weighted by Gasteiger charge is -2.22. The minimum absolute atomic E-state index is 0.0214. The topological polar surface area (TPSA) is 113 Å². The summed E-state index contributed by atoms with van der Waals surface area (Å²) in [7, 11) is 0.107. The molecule has 2 amide bonds. The van der Waals surface area contributed by atoms with E-state index < -0.39 is 10.0 Å². The molecule has 0 spiro atoms. The quantitative estimate of drug-likeness (QED) is 0.603. The van der Waals surface area contributed by atoms with Crippen molar-refractivity contribution in [1.29, 1.82) is 0 Å². The predicted octanol–water partition coefficient (Wildman–Crippen LogP) is -0.597. The van der Waals surface area contributed by atoms with Crippen LogP contribution < -0.4 is 10.5 Å². The third-order valence-electron chi connectivity index (χ3n) is 3.58. The van der Waals surface area contributed by atoms with Crippen molar-refractivity contribution >= 4 is 21.8 Å². The highest BCUT2D eigenvalue weighted by Crippen LogP contribution is 2.08. The number of rotatable bonds is 9. The van der Waals surface area contributed by atoms with Gasteiger partial charge in [0.2, 0.25) is 21.8 Å². The van der Waals surface area contributed by atoms with E-state index in [9.17, 15) is 18.0 Å². The highest BCUT2D eigenvalue weighted by molar-refractivity contribution is 7.89. The molecule has 0 saturated heterocycles. The van der Waals surface area contributed by atoms with E-state index >= 15 is 0 Å². The van der Waals surface area contributed by atoms with E-state index in [-0.39, 0.29) is 23.3 Å². The summed E-state index contributed by atoms with van der Waals surface area (Å²) in [5.41, 5.74) is 0.878. The lowest BCUT2D eigenvalue weighted by molar-refractivity contribution is -0.134. The van der Waals surface area contributed by atoms with Crippen LogP contribution in [0.5, 0.6) is 0 Å². The number of hydrogen-bond acceptors (Lipinski definition) is 5. The summed E-state index contributed by atoms with van der Waals surface area (Å²) in [5, 5.41) is 7.80. The molecule has 0 atom stereocenters. The van der Waals surface area contributed by atoms with E-state index in [0.29, 0.717) is 26.1 Å². The van der Waals surface area contributed by atoms with Gasteiger partial charge in [-0.05, 0) is 38.2 Å². The van der Waals surface area contributed by atoms with Gasteiger partial charge in [0.15, 0.2) is 0 Å². The molecule has 1 aromatic rings. The third kappa shape index (κ3) is 8.10. The Hall–Kier alpha value is -1.97. The number of sulfonamides is 1. The zero-order chi connectivity index (χ0) is 19.0. The molecule has 140 valence electrons. The lowest BCUT2D eigenvalue weighted by Crippen LogP contribution is -2.43. The molecule has 0 fully saturated rings. The largest absolute Gasteiger partial charge is 0.354 e. The molecule has 0 saturated carbocycles. The number of nitrogens with one attached hydrogen (secondary N) is 1. The Labute approximate surface area is 149 Å². The van der Waals surface area contributed by atoms with E-state index in [0.717, 1.165) is 5.56 Å². The summed E-state index contributed by atoms with van der Waals surface area (Å²) < 4.78 is 22.4. The fourth-order valence-electron chi connectivity index (χ4n) is 2.09. The second-order valence-corrected chi connectivity index (χ2v) is 7.59. The maximum Gasteiger partial charge on any atom is 0.239 e. The van der Waals surface area contributed by atoms with Crippen LogP contribution in [-0.2, 0) is 26.0 Å². The summed E-state index contributed by atoms with van der Waals surface area (Å²) in [6.07, 6.45) is 0.550. The Bertz CT molecular complexity index is 687. The van der Waals surface area contributed by atoms with Crippen molar-refractivity contribution in [3.05, 3.63) is 29.8 Å². The third-order valence-corrected chi connectivity index (χ3v) is 4.51. The fraction of sp³-hybridized carbons (Fsp3) is 0.500. The van der Waals surface area contributed by atoms with Gasteiger partial charge in [0.25, 0.3) is 0 Å². The number of carbonyl (C=O) groups is 2. The molecule has 0 aliphatic heterocycles. The van der Waals surface area contributed by atoms with Crippen LogP contribution in [0.3, 0.4) is 0 Å². The summed E-state index contributed by atoms with van der Waals surface area (Å²) in [5.74, 6) is -0.370. The molecule has 8 nitrogen and oxygen atoms in total. The first kappa shape index (κ1) is 21.1. The summed E-state index contributed by atoms with van der Waals surface area (Å²) in [4.78, 5) is 27.0. The molecular formula is C16H26N4O4S. The van der Waals surface area contributed by atoms with Crippen molar-refractivity contribution < 1.29 is 18.0 Å². The highest BCUT2D eigenvalue weighted by atomic mass is 32.2. The minimum atomic E-state index is -3.70. The van der Waals surface area contributed by atoms with Crippen molar-refractivity contribution in [3.63, 3.8) is 0 Å². The average molecular weight is 370 g/mol. The fourth-order valence-corrected chi connectivity index (χ4v) is 2.61. The van der Waals surface area contributed by atoms with Crippen LogP contribution in [0.15, 0.2) is 29.2 Å². The van der Waals surface area contributed by atoms with E-state index in [1.54, 1.807) is 12.1 Å². The number of nitrogens with zero attached hydrogens (tertiary/aromatic N) is 2. The van der Waals surface area contributed by atoms with E-state index in [1.165, 1.54) is 24.0 Å². The standard InChI is InChI=1S/C16H26N4O4S/c1-13(21)20(11-10-19(2)3)12-16(22)18-9-8-14-4-6-15(7-5-14)25(17,23)24/h4-7H,8-12H2,1-3H3,(H,18,22)(H2,17,23,24). The normalized spacial score (nSPS) is 11.4. The molecule has 0 heterocycles. The molecule has 9 heteroatoms. The Balaban J connectivity index is 2.44. The molecule has 3 N–H and O–H groups in total. The number of likely N-dealkylation sites (N-methyl/N-ethyl adjacent to an activating group) is 1. The molecule has 1 rings (SSSR count). The van der Waals surface area contributed by atoms with Gasteiger partial charge in [-0.15, -0.1) is 0 Å². The van der Waals surface area contributed by atoms with E-state index in [2.05, 4.69) is 5.32 Å². The Morgan fingerprint density at radius 1 is 1.12 bits per heavy atom. The van der Waals surface area contributed by atoms with Gasteiger partial charge in [0.1, 0.15) is 0 Å². The summed E-state index contributed by atoms with van der Waals surface area (Å²) in [6.45, 7) is 3.03. The number of benzene rings is 1. The SMILES string of the molecule is CC(=O)N(CCN(C)C)CC(=O)NCCc1ccc(S(N)(=O)=O)cc1. The zero-order valence-corrected chi connectivity index (χ0v) is 15.7. The van der Waals surface area contributed by atoms with Crippen LogP contribution in [-0.4, -0.2) is 70.3 Å². The highest BCUT2D eigenvalue weighted by Gasteiger charge is 2.13. The smallest absolute Gasteiger partial charge is 0.239 e. The van der Waals surface area contributed by atoms with Crippen LogP contribution in [0.25, 0.3) is 0 Å². The van der Waals surface area contributed by atoms with E-state index in [4.69, 9.17) is 5.14 Å². The number of amides is 2. The van der Waals surface area contributed by atoms with E-state index in [1.807, 2.05) is 19.0 Å².